The van der Waals surface area contributed by atoms with E-state index in [0.29, 0.717) is 12.1 Å². The number of benzene rings is 2. The summed E-state index contributed by atoms with van der Waals surface area (Å²) in [7, 11) is -1.59. The first-order valence-electron chi connectivity index (χ1n) is 11.3. The van der Waals surface area contributed by atoms with Crippen molar-refractivity contribution in [1.82, 2.24) is 15.2 Å². The van der Waals surface area contributed by atoms with Crippen molar-refractivity contribution < 1.29 is 17.9 Å². The van der Waals surface area contributed by atoms with E-state index in [2.05, 4.69) is 28.1 Å². The van der Waals surface area contributed by atoms with Crippen LogP contribution in [0.1, 0.15) is 22.8 Å². The van der Waals surface area contributed by atoms with Crippen LogP contribution in [0.15, 0.2) is 41.3 Å². The van der Waals surface area contributed by atoms with E-state index < -0.39 is 9.84 Å². The molecular formula is C24H31ClN4O4S2. The molecule has 2 heterocycles. The molecule has 1 fully saturated rings. The van der Waals surface area contributed by atoms with Gasteiger partial charge in [0.2, 0.25) is 0 Å². The Bertz CT molecular complexity index is 1270. The van der Waals surface area contributed by atoms with Gasteiger partial charge < -0.3 is 15.0 Å². The third-order valence-electron chi connectivity index (χ3n) is 6.12. The molecule has 0 bridgehead atoms. The van der Waals surface area contributed by atoms with E-state index in [1.54, 1.807) is 37.5 Å². The summed E-state index contributed by atoms with van der Waals surface area (Å²) in [5.74, 6) is 0.649. The normalized spacial score (nSPS) is 14.5. The minimum atomic E-state index is -3.26. The third kappa shape index (κ3) is 6.06. The van der Waals surface area contributed by atoms with E-state index in [-0.39, 0.29) is 29.0 Å². The first kappa shape index (κ1) is 27.2. The van der Waals surface area contributed by atoms with Crippen molar-refractivity contribution in [1.29, 1.82) is 0 Å². The molecule has 190 valence electrons. The van der Waals surface area contributed by atoms with Gasteiger partial charge in [-0.2, -0.15) is 0 Å². The number of fused-ring (bicyclic) bond motifs is 1. The summed E-state index contributed by atoms with van der Waals surface area (Å²) in [4.78, 5) is 22.1. The topological polar surface area (TPSA) is 91.8 Å². The van der Waals surface area contributed by atoms with E-state index in [4.69, 9.17) is 9.72 Å². The van der Waals surface area contributed by atoms with Gasteiger partial charge in [-0.05, 0) is 42.8 Å². The Morgan fingerprint density at radius 2 is 1.80 bits per heavy atom. The molecule has 0 radical (unpaired) electrons. The number of piperazine rings is 1. The molecule has 1 aliphatic rings. The summed E-state index contributed by atoms with van der Waals surface area (Å²) in [5.41, 5.74) is 2.59. The molecule has 1 saturated heterocycles. The summed E-state index contributed by atoms with van der Waals surface area (Å²) in [6.45, 7) is 8.53. The van der Waals surface area contributed by atoms with Crippen LogP contribution in [-0.4, -0.2) is 76.3 Å². The fourth-order valence-electron chi connectivity index (χ4n) is 3.97. The number of thiazole rings is 1. The number of amides is 1. The quantitative estimate of drug-likeness (QED) is 0.470. The van der Waals surface area contributed by atoms with Gasteiger partial charge in [0.05, 0.1) is 22.5 Å². The minimum Gasteiger partial charge on any atom is -0.494 e. The first-order valence-corrected chi connectivity index (χ1v) is 13.8. The second-order valence-electron chi connectivity index (χ2n) is 8.27. The molecule has 0 saturated carbocycles. The fraction of sp³-hybridized carbons (Fsp3) is 0.417. The Labute approximate surface area is 216 Å². The highest BCUT2D eigenvalue weighted by Crippen LogP contribution is 2.36. The van der Waals surface area contributed by atoms with Gasteiger partial charge in [-0.1, -0.05) is 24.3 Å². The molecule has 11 heteroatoms. The second kappa shape index (κ2) is 11.6. The molecule has 3 aromatic rings. The van der Waals surface area contributed by atoms with Gasteiger partial charge >= 0.3 is 0 Å². The molecule has 1 aromatic heterocycles. The van der Waals surface area contributed by atoms with Gasteiger partial charge in [0.15, 0.2) is 15.0 Å². The number of ether oxygens (including phenoxy) is 1. The first-order chi connectivity index (χ1) is 16.3. The lowest BCUT2D eigenvalue weighted by Crippen LogP contribution is -2.48. The van der Waals surface area contributed by atoms with Gasteiger partial charge in [0.1, 0.15) is 11.3 Å². The highest BCUT2D eigenvalue weighted by Gasteiger charge is 2.21. The molecular weight excluding hydrogens is 508 g/mol. The number of nitrogens with one attached hydrogen (secondary N) is 1. The molecule has 0 aliphatic carbocycles. The van der Waals surface area contributed by atoms with Crippen molar-refractivity contribution in [3.05, 3.63) is 47.5 Å². The van der Waals surface area contributed by atoms with E-state index in [9.17, 15) is 13.2 Å². The van der Waals surface area contributed by atoms with Crippen LogP contribution in [0.25, 0.3) is 10.2 Å². The lowest BCUT2D eigenvalue weighted by Gasteiger charge is -2.34. The number of nitrogens with zero attached hydrogens (tertiary/aromatic N) is 3. The standard InChI is InChI=1S/C24H30N4O4S2.ClH/c1-4-34(30,31)19-8-6-18(7-9-19)23(29)25-11-12-27-13-15-28(16-14-27)24-26-21-20(32-3)10-5-17(2)22(21)33-24;/h5-10H,4,11-16H2,1-3H3,(H,25,29);1H. The molecule has 4 rings (SSSR count). The predicted octanol–water partition coefficient (Wildman–Crippen LogP) is 3.38. The highest BCUT2D eigenvalue weighted by molar-refractivity contribution is 7.91. The van der Waals surface area contributed by atoms with Gasteiger partial charge in [0.25, 0.3) is 5.91 Å². The second-order valence-corrected chi connectivity index (χ2v) is 11.5. The Hall–Kier alpha value is -2.40. The Morgan fingerprint density at radius 3 is 2.43 bits per heavy atom. The maximum atomic E-state index is 12.4. The maximum absolute atomic E-state index is 12.4. The summed E-state index contributed by atoms with van der Waals surface area (Å²) in [5, 5.41) is 3.95. The lowest BCUT2D eigenvalue weighted by molar-refractivity contribution is 0.0947. The molecule has 2 aromatic carbocycles. The average Bonchev–Trinajstić information content (AvgIpc) is 3.31. The fourth-order valence-corrected chi connectivity index (χ4v) is 5.96. The van der Waals surface area contributed by atoms with Crippen molar-refractivity contribution >= 4 is 54.8 Å². The number of rotatable bonds is 8. The molecule has 0 spiro atoms. The minimum absolute atomic E-state index is 0. The third-order valence-corrected chi connectivity index (χ3v) is 9.13. The van der Waals surface area contributed by atoms with Crippen molar-refractivity contribution in [3.8, 4) is 5.75 Å². The largest absolute Gasteiger partial charge is 0.494 e. The molecule has 1 aliphatic heterocycles. The van der Waals surface area contributed by atoms with Crippen molar-refractivity contribution in [2.24, 2.45) is 0 Å². The number of hydrogen-bond acceptors (Lipinski definition) is 8. The van der Waals surface area contributed by atoms with Crippen LogP contribution in [0, 0.1) is 6.92 Å². The Morgan fingerprint density at radius 1 is 1.11 bits per heavy atom. The van der Waals surface area contributed by atoms with Crippen molar-refractivity contribution in [3.63, 3.8) is 0 Å². The van der Waals surface area contributed by atoms with Crippen LogP contribution in [0.2, 0.25) is 0 Å². The molecule has 1 amide bonds. The van der Waals surface area contributed by atoms with Crippen LogP contribution in [-0.2, 0) is 9.84 Å². The smallest absolute Gasteiger partial charge is 0.251 e. The van der Waals surface area contributed by atoms with Crippen LogP contribution in [0.4, 0.5) is 5.13 Å². The number of methoxy groups -OCH3 is 1. The molecule has 8 nitrogen and oxygen atoms in total. The molecule has 35 heavy (non-hydrogen) atoms. The van der Waals surface area contributed by atoms with E-state index in [1.807, 2.05) is 6.07 Å². The number of halogens is 1. The monoisotopic (exact) mass is 538 g/mol. The summed E-state index contributed by atoms with van der Waals surface area (Å²) in [6.07, 6.45) is 0. The van der Waals surface area contributed by atoms with Crippen LogP contribution < -0.4 is 15.0 Å². The van der Waals surface area contributed by atoms with Crippen molar-refractivity contribution in [2.45, 2.75) is 18.7 Å². The number of hydrogen-bond donors (Lipinski definition) is 1. The van der Waals surface area contributed by atoms with Gasteiger partial charge in [0, 0.05) is 44.8 Å². The van der Waals surface area contributed by atoms with E-state index in [0.717, 1.165) is 49.1 Å². The van der Waals surface area contributed by atoms with Crippen LogP contribution >= 0.6 is 23.7 Å². The highest BCUT2D eigenvalue weighted by atomic mass is 35.5. The van der Waals surface area contributed by atoms with Crippen molar-refractivity contribution in [2.75, 3.05) is 57.0 Å². The summed E-state index contributed by atoms with van der Waals surface area (Å²) in [6, 6.07) is 10.1. The lowest BCUT2D eigenvalue weighted by atomic mass is 10.2. The Kier molecular flexibility index (Phi) is 8.98. The maximum Gasteiger partial charge on any atom is 0.251 e. The van der Waals surface area contributed by atoms with Gasteiger partial charge in [-0.25, -0.2) is 13.4 Å². The number of aromatic nitrogens is 1. The number of carbonyl (C=O) groups is 1. The molecule has 1 N–H and O–H groups in total. The van der Waals surface area contributed by atoms with E-state index in [1.165, 1.54) is 22.4 Å². The number of anilines is 1. The van der Waals surface area contributed by atoms with Gasteiger partial charge in [-0.15, -0.1) is 12.4 Å². The zero-order valence-electron chi connectivity index (χ0n) is 20.1. The zero-order valence-corrected chi connectivity index (χ0v) is 22.6. The molecule has 0 unspecified atom stereocenters. The number of aryl methyl sites for hydroxylation is 1. The van der Waals surface area contributed by atoms with E-state index >= 15 is 0 Å². The van der Waals surface area contributed by atoms with Crippen LogP contribution in [0.3, 0.4) is 0 Å². The predicted molar refractivity (Wildman–Crippen MR) is 143 cm³/mol. The SMILES string of the molecule is CCS(=O)(=O)c1ccc(C(=O)NCCN2CCN(c3nc4c(OC)ccc(C)c4s3)CC2)cc1.Cl. The Balaban J connectivity index is 0.00000342. The summed E-state index contributed by atoms with van der Waals surface area (Å²) < 4.78 is 30.5. The van der Waals surface area contributed by atoms with Gasteiger partial charge in [-0.3, -0.25) is 9.69 Å². The zero-order chi connectivity index (χ0) is 24.3. The molecule has 0 atom stereocenters. The number of carbonyl (C=O) groups excluding carboxylic acids is 1. The average molecular weight is 539 g/mol. The van der Waals surface area contributed by atoms with Crippen LogP contribution in [0.5, 0.6) is 5.75 Å². The number of sulfone groups is 1. The summed E-state index contributed by atoms with van der Waals surface area (Å²) >= 11 is 1.71.